The summed E-state index contributed by atoms with van der Waals surface area (Å²) < 4.78 is 20.8. The van der Waals surface area contributed by atoms with Gasteiger partial charge in [-0.1, -0.05) is 19.9 Å². The Bertz CT molecular complexity index is 1280. The number of likely N-dealkylation sites (tertiary alicyclic amines) is 1. The number of carbonyl (C=O) groups excluding carboxylic acids is 2. The topological polar surface area (TPSA) is 120 Å². The first-order chi connectivity index (χ1) is 20.4. The van der Waals surface area contributed by atoms with Crippen LogP contribution < -0.4 is 14.9 Å². The molecule has 10 nitrogen and oxygen atoms in total. The molecule has 43 heavy (non-hydrogen) atoms. The normalized spacial score (nSPS) is 20.7. The number of hydrogen-bond acceptors (Lipinski definition) is 8. The summed E-state index contributed by atoms with van der Waals surface area (Å²) in [6, 6.07) is 4.90. The Labute approximate surface area is 256 Å². The third-order valence-corrected chi connectivity index (χ3v) is 7.08. The van der Waals surface area contributed by atoms with Crippen LogP contribution in [0.25, 0.3) is 10.9 Å². The lowest BCUT2D eigenvalue weighted by Gasteiger charge is -2.21. The molecule has 1 N–H and O–H groups in total. The average molecular weight is 602 g/mol. The van der Waals surface area contributed by atoms with Gasteiger partial charge in [0, 0.05) is 36.6 Å². The Balaban J connectivity index is 0.000000347. The number of hydrogen-bond donors (Lipinski definition) is 1. The van der Waals surface area contributed by atoms with Gasteiger partial charge < -0.3 is 33.6 Å². The van der Waals surface area contributed by atoms with E-state index in [4.69, 9.17) is 18.9 Å². The number of aromatic amines is 1. The molecule has 2 aliphatic rings. The van der Waals surface area contributed by atoms with Crippen molar-refractivity contribution in [3.8, 4) is 11.6 Å². The Morgan fingerprint density at radius 3 is 2.33 bits per heavy atom. The minimum atomic E-state index is -0.704. The summed E-state index contributed by atoms with van der Waals surface area (Å²) in [6.07, 6.45) is 5.87. The number of aldehydes is 1. The third kappa shape index (κ3) is 10.2. The summed E-state index contributed by atoms with van der Waals surface area (Å²) >= 11 is 0. The molecule has 1 amide bonds. The van der Waals surface area contributed by atoms with Crippen LogP contribution in [0.3, 0.4) is 0 Å². The van der Waals surface area contributed by atoms with Gasteiger partial charge in [0.05, 0.1) is 31.9 Å². The van der Waals surface area contributed by atoms with E-state index in [2.05, 4.69) is 16.6 Å². The van der Waals surface area contributed by atoms with Crippen molar-refractivity contribution in [2.75, 3.05) is 34.5 Å². The van der Waals surface area contributed by atoms with E-state index < -0.39 is 5.54 Å². The molecule has 240 valence electrons. The fourth-order valence-electron chi connectivity index (χ4n) is 4.38. The van der Waals surface area contributed by atoms with Crippen molar-refractivity contribution in [3.05, 3.63) is 46.6 Å². The van der Waals surface area contributed by atoms with Crippen molar-refractivity contribution in [1.82, 2.24) is 9.88 Å². The molecule has 3 atom stereocenters. The number of carbonyl (C=O) groups is 2. The number of rotatable bonds is 8. The molecule has 2 aromatic rings. The average Bonchev–Trinajstić information content (AvgIpc) is 3.50. The Morgan fingerprint density at radius 1 is 1.21 bits per heavy atom. The highest BCUT2D eigenvalue weighted by atomic mass is 16.5. The molecule has 0 bridgehead atoms. The quantitative estimate of drug-likeness (QED) is 0.184. The number of nitrogens with one attached hydrogen (secondary N) is 1. The van der Waals surface area contributed by atoms with E-state index in [1.165, 1.54) is 13.2 Å². The number of methoxy groups -OCH3 is 3. The van der Waals surface area contributed by atoms with Crippen LogP contribution in [0.4, 0.5) is 0 Å². The van der Waals surface area contributed by atoms with Gasteiger partial charge in [-0.25, -0.2) is 4.99 Å². The molecule has 1 aliphatic carbocycles. The minimum Gasteiger partial charge on any atom is -0.496 e. The van der Waals surface area contributed by atoms with E-state index in [9.17, 15) is 14.4 Å². The van der Waals surface area contributed by atoms with Crippen molar-refractivity contribution < 1.29 is 28.5 Å². The number of ether oxygens (including phenoxy) is 4. The molecule has 10 heteroatoms. The first-order valence-electron chi connectivity index (χ1n) is 14.8. The second kappa shape index (κ2) is 17.5. The number of fused-ring (bicyclic) bond motifs is 1. The van der Waals surface area contributed by atoms with Crippen molar-refractivity contribution in [1.29, 1.82) is 0 Å². The maximum absolute atomic E-state index is 11.9. The number of aromatic nitrogens is 1. The molecule has 2 fully saturated rings. The van der Waals surface area contributed by atoms with Crippen LogP contribution in [0, 0.1) is 12.8 Å². The lowest BCUT2D eigenvalue weighted by molar-refractivity contribution is -0.118. The predicted octanol–water partition coefficient (Wildman–Crippen LogP) is 5.50. The lowest BCUT2D eigenvalue weighted by atomic mass is 10.1. The van der Waals surface area contributed by atoms with E-state index in [-0.39, 0.29) is 23.0 Å². The molecule has 2 unspecified atom stereocenters. The number of amides is 1. The summed E-state index contributed by atoms with van der Waals surface area (Å²) in [5.41, 5.74) is 0.960. The summed E-state index contributed by atoms with van der Waals surface area (Å²) in [5.74, 6) is 1.81. The fourth-order valence-corrected chi connectivity index (χ4v) is 4.38. The standard InChI is InChI=1S/C13H18N2O3.C13H15NO3.C5H12O.C2H6/c1-3-10-7-13(10,8-16)14-12(18-2)11-5-4-6-15(11)9-17;1-4-17-12-7-10(15)9-5-6-11(16-3)8(2)13(9)14-12;1-5(2,3)6-4;1-2/h3,8-11H,1,4-7H2,2H3;5-7H,4H2,1-3H3,(H,14,15);1-4H3;1-2H3/t10-,11?,13?;;;/m0.../s1. The van der Waals surface area contributed by atoms with Gasteiger partial charge >= 0.3 is 0 Å². The molecular weight excluding hydrogens is 550 g/mol. The van der Waals surface area contributed by atoms with Crippen molar-refractivity contribution in [3.63, 3.8) is 0 Å². The first-order valence-corrected chi connectivity index (χ1v) is 14.8. The predicted molar refractivity (Wildman–Crippen MR) is 172 cm³/mol. The number of pyridine rings is 1. The van der Waals surface area contributed by atoms with E-state index in [0.29, 0.717) is 30.2 Å². The molecule has 1 saturated carbocycles. The Hall–Kier alpha value is -3.66. The van der Waals surface area contributed by atoms with Gasteiger partial charge in [0.2, 0.25) is 12.3 Å². The van der Waals surface area contributed by atoms with Crippen molar-refractivity contribution in [2.45, 2.75) is 84.9 Å². The van der Waals surface area contributed by atoms with Crippen LogP contribution >= 0.6 is 0 Å². The van der Waals surface area contributed by atoms with Gasteiger partial charge in [0.15, 0.2) is 11.3 Å². The van der Waals surface area contributed by atoms with Gasteiger partial charge in [-0.05, 0) is 66.0 Å². The number of H-pyrrole nitrogens is 1. The number of nitrogens with zero attached hydrogens (tertiary/aromatic N) is 2. The van der Waals surface area contributed by atoms with Crippen LogP contribution in [-0.2, 0) is 19.1 Å². The highest BCUT2D eigenvalue weighted by Crippen LogP contribution is 2.46. The molecule has 1 saturated heterocycles. The zero-order valence-corrected chi connectivity index (χ0v) is 27.6. The zero-order valence-electron chi connectivity index (χ0n) is 27.6. The van der Waals surface area contributed by atoms with Crippen molar-refractivity contribution in [2.24, 2.45) is 10.9 Å². The largest absolute Gasteiger partial charge is 0.496 e. The monoisotopic (exact) mass is 601 g/mol. The van der Waals surface area contributed by atoms with E-state index in [0.717, 1.165) is 48.9 Å². The fraction of sp³-hybridized carbons (Fsp3) is 0.576. The molecule has 1 aromatic heterocycles. The second-order valence-electron chi connectivity index (χ2n) is 10.9. The van der Waals surface area contributed by atoms with E-state index >= 15 is 0 Å². The van der Waals surface area contributed by atoms with Crippen LogP contribution in [0.1, 0.15) is 66.4 Å². The molecule has 2 heterocycles. The summed E-state index contributed by atoms with van der Waals surface area (Å²) in [6.45, 7) is 18.8. The van der Waals surface area contributed by atoms with Crippen LogP contribution in [0.15, 0.2) is 40.6 Å². The molecule has 1 aliphatic heterocycles. The second-order valence-corrected chi connectivity index (χ2v) is 10.9. The summed E-state index contributed by atoms with van der Waals surface area (Å²) in [7, 11) is 4.85. The number of aliphatic imine (C=N–C) groups is 1. The summed E-state index contributed by atoms with van der Waals surface area (Å²) in [5, 5.41) is 0.645. The van der Waals surface area contributed by atoms with Crippen molar-refractivity contribution >= 4 is 29.5 Å². The minimum absolute atomic E-state index is 0.0417. The maximum atomic E-state index is 11.9. The molecule has 0 radical (unpaired) electrons. The van der Waals surface area contributed by atoms with E-state index in [1.54, 1.807) is 37.3 Å². The number of benzene rings is 1. The van der Waals surface area contributed by atoms with Gasteiger partial charge in [-0.15, -0.1) is 6.58 Å². The van der Waals surface area contributed by atoms with Gasteiger partial charge in [-0.2, -0.15) is 0 Å². The Kier molecular flexibility index (Phi) is 15.2. The number of aryl methyl sites for hydroxylation is 1. The third-order valence-electron chi connectivity index (χ3n) is 7.08. The molecule has 4 rings (SSSR count). The maximum Gasteiger partial charge on any atom is 0.210 e. The highest BCUT2D eigenvalue weighted by Gasteiger charge is 2.54. The lowest BCUT2D eigenvalue weighted by Crippen LogP contribution is -2.37. The molecule has 1 aromatic carbocycles. The first kappa shape index (κ1) is 37.4. The summed E-state index contributed by atoms with van der Waals surface area (Å²) in [4.78, 5) is 43.2. The highest BCUT2D eigenvalue weighted by molar-refractivity contribution is 5.88. The smallest absolute Gasteiger partial charge is 0.210 e. The van der Waals surface area contributed by atoms with Crippen LogP contribution in [-0.4, -0.2) is 80.1 Å². The van der Waals surface area contributed by atoms with Crippen LogP contribution in [0.2, 0.25) is 0 Å². The zero-order chi connectivity index (χ0) is 32.8. The SMILES string of the molecule is C=C[C@H]1CC1(C=O)N=C(OC)C1CCCN1C=O.CC.CCOc1cc(=O)c2ccc(OC)c(C)c2[nH]1.COC(C)(C)C. The Morgan fingerprint density at radius 2 is 1.86 bits per heavy atom. The van der Waals surface area contributed by atoms with Gasteiger partial charge in [-0.3, -0.25) is 9.59 Å². The molecule has 0 spiro atoms. The molecular formula is C33H51N3O7. The van der Waals surface area contributed by atoms with Gasteiger partial charge in [0.25, 0.3) is 0 Å². The van der Waals surface area contributed by atoms with Crippen LogP contribution in [0.5, 0.6) is 11.6 Å². The van der Waals surface area contributed by atoms with Gasteiger partial charge in [0.1, 0.15) is 23.6 Å². The van der Waals surface area contributed by atoms with E-state index in [1.807, 2.05) is 48.5 Å².